The normalized spacial score (nSPS) is 12.5. The molecule has 4 heteroatoms. The van der Waals surface area contributed by atoms with Gasteiger partial charge in [0, 0.05) is 17.8 Å². The Bertz CT molecular complexity index is 1320. The minimum Gasteiger partial charge on any atom is -0.358 e. The van der Waals surface area contributed by atoms with Crippen molar-refractivity contribution in [3.8, 4) is 5.69 Å². The number of hydrogen-bond acceptors (Lipinski definition) is 2. The van der Waals surface area contributed by atoms with Crippen LogP contribution in [0.4, 0.5) is 17.1 Å². The van der Waals surface area contributed by atoms with Gasteiger partial charge >= 0.3 is 19.5 Å². The van der Waals surface area contributed by atoms with Gasteiger partial charge in [-0.3, -0.25) is 0 Å². The topological polar surface area (TPSA) is 11.4 Å². The molecule has 155 valence electrons. The van der Waals surface area contributed by atoms with Gasteiger partial charge in [-0.1, -0.05) is 59.9 Å². The number of aromatic nitrogens is 1. The minimum atomic E-state index is 0. The molecule has 2 heterocycles. The third-order valence-corrected chi connectivity index (χ3v) is 5.84. The molecule has 1 aromatic heterocycles. The Balaban J connectivity index is 0.00000116. The van der Waals surface area contributed by atoms with Crippen molar-refractivity contribution < 1.29 is 19.5 Å². The summed E-state index contributed by atoms with van der Waals surface area (Å²) < 4.78 is 2.35. The zero-order chi connectivity index (χ0) is 19.4. The van der Waals surface area contributed by atoms with E-state index in [1.807, 2.05) is 6.07 Å². The van der Waals surface area contributed by atoms with Gasteiger partial charge in [0.2, 0.25) is 0 Å². The van der Waals surface area contributed by atoms with E-state index in [1.165, 1.54) is 33.2 Å². The van der Waals surface area contributed by atoms with Crippen LogP contribution < -0.4 is 9.80 Å². The average Bonchev–Trinajstić information content (AvgIpc) is 3.29. The summed E-state index contributed by atoms with van der Waals surface area (Å²) in [6.45, 7) is 0.826. The Morgan fingerprint density at radius 3 is 2.00 bits per heavy atom. The van der Waals surface area contributed by atoms with Crippen LogP contribution in [0.1, 0.15) is 0 Å². The number of fused-ring (bicyclic) bond motifs is 4. The first-order chi connectivity index (χ1) is 14.3. The number of anilines is 3. The molecule has 0 unspecified atom stereocenters. The molecule has 0 saturated heterocycles. The predicted octanol–water partition coefficient (Wildman–Crippen LogP) is 6.58. The zero-order valence-corrected chi connectivity index (χ0v) is 19.2. The molecule has 4 aromatic carbocycles. The molecule has 1 aliphatic heterocycles. The standard InChI is InChI=1S/C26H20N3.CH3.Rh/c1-27-18-28(26-16-7-6-15-25(26)27)19-9-8-10-20(17-19)29-23-13-4-2-11-21(23)22-12-3-5-14-24(22)29;;/h2-8,10-17H,18H2,1H3;1H3;/q2*-1;+2. The smallest absolute Gasteiger partial charge is 0.358 e. The van der Waals surface area contributed by atoms with Crippen molar-refractivity contribution in [2.24, 2.45) is 0 Å². The Kier molecular flexibility index (Phi) is 5.60. The third kappa shape index (κ3) is 3.23. The second kappa shape index (κ2) is 8.21. The van der Waals surface area contributed by atoms with Gasteiger partial charge in [0.15, 0.2) is 0 Å². The van der Waals surface area contributed by atoms with E-state index in [0.717, 1.165) is 18.0 Å². The van der Waals surface area contributed by atoms with Gasteiger partial charge in [0.25, 0.3) is 0 Å². The molecular formula is C27H23N3Rh. The molecule has 5 aromatic rings. The van der Waals surface area contributed by atoms with E-state index >= 15 is 0 Å². The molecule has 0 bridgehead atoms. The van der Waals surface area contributed by atoms with Crippen LogP contribution >= 0.6 is 0 Å². The Labute approximate surface area is 196 Å². The first kappa shape index (κ1) is 21.1. The van der Waals surface area contributed by atoms with E-state index in [1.54, 1.807) is 0 Å². The fraction of sp³-hybridized carbons (Fsp3) is 0.0741. The van der Waals surface area contributed by atoms with E-state index in [-0.39, 0.29) is 26.9 Å². The van der Waals surface area contributed by atoms with Crippen LogP contribution in [0.3, 0.4) is 0 Å². The van der Waals surface area contributed by atoms with Gasteiger partial charge in [-0.15, -0.1) is 12.1 Å². The van der Waals surface area contributed by atoms with Crippen LogP contribution in [0.2, 0.25) is 0 Å². The Hall–Kier alpha value is -3.10. The van der Waals surface area contributed by atoms with Crippen LogP contribution in [-0.4, -0.2) is 18.3 Å². The molecule has 0 fully saturated rings. The Morgan fingerprint density at radius 1 is 0.742 bits per heavy atom. The van der Waals surface area contributed by atoms with Crippen molar-refractivity contribution >= 4 is 38.9 Å². The van der Waals surface area contributed by atoms with Gasteiger partial charge < -0.3 is 21.8 Å². The average molecular weight is 492 g/mol. The van der Waals surface area contributed by atoms with E-state index in [2.05, 4.69) is 112 Å². The van der Waals surface area contributed by atoms with Crippen LogP contribution in [-0.2, 0) is 19.5 Å². The zero-order valence-electron chi connectivity index (χ0n) is 17.5. The van der Waals surface area contributed by atoms with Crippen molar-refractivity contribution in [1.29, 1.82) is 0 Å². The summed E-state index contributed by atoms with van der Waals surface area (Å²) in [7, 11) is 2.13. The predicted molar refractivity (Wildman–Crippen MR) is 128 cm³/mol. The largest absolute Gasteiger partial charge is 2.00 e. The van der Waals surface area contributed by atoms with E-state index in [0.29, 0.717) is 0 Å². The number of hydrogen-bond donors (Lipinski definition) is 0. The molecule has 0 saturated carbocycles. The van der Waals surface area contributed by atoms with Crippen LogP contribution in [0, 0.1) is 13.5 Å². The van der Waals surface area contributed by atoms with E-state index in [4.69, 9.17) is 0 Å². The minimum absolute atomic E-state index is 0. The van der Waals surface area contributed by atoms with Crippen molar-refractivity contribution in [1.82, 2.24) is 4.57 Å². The third-order valence-electron chi connectivity index (χ3n) is 5.84. The fourth-order valence-electron chi connectivity index (χ4n) is 4.52. The maximum absolute atomic E-state index is 3.46. The molecule has 0 amide bonds. The van der Waals surface area contributed by atoms with Crippen molar-refractivity contribution in [2.45, 2.75) is 0 Å². The first-order valence-corrected chi connectivity index (χ1v) is 9.89. The fourth-order valence-corrected chi connectivity index (χ4v) is 4.52. The molecule has 0 N–H and O–H groups in total. The second-order valence-corrected chi connectivity index (χ2v) is 7.56. The van der Waals surface area contributed by atoms with Gasteiger partial charge in [0.1, 0.15) is 0 Å². The summed E-state index contributed by atoms with van der Waals surface area (Å²) in [5, 5.41) is 2.56. The molecule has 1 radical (unpaired) electrons. The van der Waals surface area contributed by atoms with Gasteiger partial charge in [-0.05, 0) is 24.3 Å². The monoisotopic (exact) mass is 492 g/mol. The second-order valence-electron chi connectivity index (χ2n) is 7.56. The molecule has 3 nitrogen and oxygen atoms in total. The molecule has 0 aliphatic carbocycles. The maximum Gasteiger partial charge on any atom is 2.00 e. The van der Waals surface area contributed by atoms with Crippen LogP contribution in [0.5, 0.6) is 0 Å². The number of nitrogens with zero attached hydrogens (tertiary/aromatic N) is 3. The number of rotatable bonds is 2. The van der Waals surface area contributed by atoms with Crippen LogP contribution in [0.15, 0.2) is 91.0 Å². The first-order valence-electron chi connectivity index (χ1n) is 9.89. The van der Waals surface area contributed by atoms with Crippen molar-refractivity contribution in [2.75, 3.05) is 23.5 Å². The van der Waals surface area contributed by atoms with Crippen molar-refractivity contribution in [3.05, 3.63) is 104 Å². The number of benzene rings is 4. The van der Waals surface area contributed by atoms with Crippen molar-refractivity contribution in [3.63, 3.8) is 0 Å². The summed E-state index contributed by atoms with van der Waals surface area (Å²) in [5.41, 5.74) is 7.17. The van der Waals surface area contributed by atoms with E-state index in [9.17, 15) is 0 Å². The van der Waals surface area contributed by atoms with Gasteiger partial charge in [0.05, 0.1) is 29.1 Å². The molecule has 0 spiro atoms. The SMILES string of the molecule is CN1CN(c2[c-]ccc(-n3c4ccccc4c4ccccc43)c2)c2ccccc21.[CH3-].[Rh+2]. The summed E-state index contributed by atoms with van der Waals surface area (Å²) in [4.78, 5) is 4.60. The Morgan fingerprint density at radius 2 is 1.32 bits per heavy atom. The summed E-state index contributed by atoms with van der Waals surface area (Å²) in [6, 6.07) is 35.7. The molecule has 31 heavy (non-hydrogen) atoms. The van der Waals surface area contributed by atoms with E-state index < -0.39 is 0 Å². The quantitative estimate of drug-likeness (QED) is 0.204. The number of para-hydroxylation sites is 4. The van der Waals surface area contributed by atoms with Crippen LogP contribution in [0.25, 0.3) is 27.5 Å². The maximum atomic E-state index is 3.46. The molecular weight excluding hydrogens is 469 g/mol. The van der Waals surface area contributed by atoms with Gasteiger partial charge in [-0.25, -0.2) is 0 Å². The summed E-state index contributed by atoms with van der Waals surface area (Å²) >= 11 is 0. The molecule has 1 aliphatic rings. The molecule has 6 rings (SSSR count). The summed E-state index contributed by atoms with van der Waals surface area (Å²) in [6.07, 6.45) is 0. The molecule has 0 atom stereocenters. The van der Waals surface area contributed by atoms with Gasteiger partial charge in [-0.2, -0.15) is 12.1 Å². The summed E-state index contributed by atoms with van der Waals surface area (Å²) in [5.74, 6) is 0.